The van der Waals surface area contributed by atoms with E-state index < -0.39 is 0 Å². The van der Waals surface area contributed by atoms with Gasteiger partial charge in [0.05, 0.1) is 6.42 Å². The van der Waals surface area contributed by atoms with Gasteiger partial charge in [-0.15, -0.1) is 12.4 Å². The maximum Gasteiger partial charge on any atom is 0.251 e. The number of likely N-dealkylation sites (N-methyl/N-ethyl adjacent to an activating group) is 1. The van der Waals surface area contributed by atoms with E-state index >= 15 is 0 Å². The first-order valence-electron chi connectivity index (χ1n) is 8.57. The molecule has 2 amide bonds. The maximum atomic E-state index is 12.2. The number of hydrogen-bond donors (Lipinski definition) is 3. The third kappa shape index (κ3) is 5.07. The number of amides is 2. The van der Waals surface area contributed by atoms with Gasteiger partial charge in [0.1, 0.15) is 0 Å². The molecular formula is C20H24ClN3O2. The van der Waals surface area contributed by atoms with Crippen LogP contribution in [0.2, 0.25) is 0 Å². The van der Waals surface area contributed by atoms with Crippen LogP contribution in [-0.4, -0.2) is 38.0 Å². The summed E-state index contributed by atoms with van der Waals surface area (Å²) in [5.41, 5.74) is 3.76. The Morgan fingerprint density at radius 1 is 1.04 bits per heavy atom. The molecule has 1 saturated heterocycles. The van der Waals surface area contributed by atoms with Crippen molar-refractivity contribution in [3.05, 3.63) is 59.7 Å². The SMILES string of the molecule is CNC(=O)Cc1ccc(-c2ccc(C(=O)NC3CCNC3)cc2)cc1.Cl. The average Bonchev–Trinajstić information content (AvgIpc) is 3.15. The van der Waals surface area contributed by atoms with Gasteiger partial charge < -0.3 is 16.0 Å². The number of rotatable bonds is 5. The number of benzene rings is 2. The molecule has 0 spiro atoms. The van der Waals surface area contributed by atoms with E-state index in [-0.39, 0.29) is 30.3 Å². The van der Waals surface area contributed by atoms with Gasteiger partial charge in [-0.1, -0.05) is 36.4 Å². The van der Waals surface area contributed by atoms with Crippen LogP contribution in [0.1, 0.15) is 22.3 Å². The Kier molecular flexibility index (Phi) is 7.18. The fraction of sp³-hybridized carbons (Fsp3) is 0.300. The van der Waals surface area contributed by atoms with Crippen molar-refractivity contribution in [1.29, 1.82) is 0 Å². The Morgan fingerprint density at radius 3 is 2.19 bits per heavy atom. The smallest absolute Gasteiger partial charge is 0.251 e. The van der Waals surface area contributed by atoms with Gasteiger partial charge in [0.15, 0.2) is 0 Å². The number of hydrogen-bond acceptors (Lipinski definition) is 3. The molecule has 26 heavy (non-hydrogen) atoms. The Morgan fingerprint density at radius 2 is 1.65 bits per heavy atom. The van der Waals surface area contributed by atoms with Gasteiger partial charge in [-0.25, -0.2) is 0 Å². The third-order valence-electron chi connectivity index (χ3n) is 4.47. The Balaban J connectivity index is 0.00000243. The van der Waals surface area contributed by atoms with E-state index in [1.165, 1.54) is 0 Å². The van der Waals surface area contributed by atoms with Gasteiger partial charge in [-0.05, 0) is 41.8 Å². The van der Waals surface area contributed by atoms with Crippen LogP contribution in [0.5, 0.6) is 0 Å². The number of carbonyl (C=O) groups excluding carboxylic acids is 2. The summed E-state index contributed by atoms with van der Waals surface area (Å²) in [5, 5.41) is 8.91. The van der Waals surface area contributed by atoms with Crippen molar-refractivity contribution in [2.45, 2.75) is 18.9 Å². The molecule has 5 nitrogen and oxygen atoms in total. The minimum atomic E-state index is -0.0267. The van der Waals surface area contributed by atoms with E-state index in [4.69, 9.17) is 0 Å². The van der Waals surface area contributed by atoms with Crippen molar-refractivity contribution < 1.29 is 9.59 Å². The Hall–Kier alpha value is -2.37. The van der Waals surface area contributed by atoms with Crippen molar-refractivity contribution in [2.75, 3.05) is 20.1 Å². The predicted molar refractivity (Wildman–Crippen MR) is 106 cm³/mol. The first-order chi connectivity index (χ1) is 12.2. The Labute approximate surface area is 160 Å². The number of nitrogens with one attached hydrogen (secondary N) is 3. The zero-order chi connectivity index (χ0) is 17.6. The first-order valence-corrected chi connectivity index (χ1v) is 8.57. The molecule has 2 aromatic carbocycles. The number of halogens is 1. The standard InChI is InChI=1S/C20H23N3O2.ClH/c1-21-19(24)12-14-2-4-15(5-3-14)16-6-8-17(9-7-16)20(25)23-18-10-11-22-13-18;/h2-9,18,22H,10-13H2,1H3,(H,21,24)(H,23,25);1H. The second-order valence-electron chi connectivity index (χ2n) is 6.29. The zero-order valence-corrected chi connectivity index (χ0v) is 15.6. The van der Waals surface area contributed by atoms with Crippen LogP contribution in [0, 0.1) is 0 Å². The fourth-order valence-corrected chi connectivity index (χ4v) is 2.95. The molecule has 1 aliphatic heterocycles. The predicted octanol–water partition coefficient (Wildman–Crippen LogP) is 2.16. The lowest BCUT2D eigenvalue weighted by Gasteiger charge is -2.11. The molecule has 1 aliphatic rings. The second kappa shape index (κ2) is 9.36. The average molecular weight is 374 g/mol. The summed E-state index contributed by atoms with van der Waals surface area (Å²) in [6.07, 6.45) is 1.36. The quantitative estimate of drug-likeness (QED) is 0.752. The second-order valence-corrected chi connectivity index (χ2v) is 6.29. The molecule has 0 radical (unpaired) electrons. The minimum absolute atomic E-state index is 0. The van der Waals surface area contributed by atoms with E-state index in [0.29, 0.717) is 12.0 Å². The van der Waals surface area contributed by atoms with E-state index in [1.54, 1.807) is 7.05 Å². The molecule has 0 bridgehead atoms. The molecule has 6 heteroatoms. The highest BCUT2D eigenvalue weighted by Crippen LogP contribution is 2.20. The highest BCUT2D eigenvalue weighted by Gasteiger charge is 2.17. The summed E-state index contributed by atoms with van der Waals surface area (Å²) >= 11 is 0. The van der Waals surface area contributed by atoms with Gasteiger partial charge >= 0.3 is 0 Å². The molecule has 0 aromatic heterocycles. The summed E-state index contributed by atoms with van der Waals surface area (Å²) in [4.78, 5) is 23.7. The van der Waals surface area contributed by atoms with Crippen LogP contribution in [0.15, 0.2) is 48.5 Å². The normalized spacial score (nSPS) is 15.8. The van der Waals surface area contributed by atoms with E-state index in [2.05, 4.69) is 16.0 Å². The highest BCUT2D eigenvalue weighted by molar-refractivity contribution is 5.95. The van der Waals surface area contributed by atoms with Crippen LogP contribution in [0.3, 0.4) is 0 Å². The van der Waals surface area contributed by atoms with E-state index in [0.717, 1.165) is 36.2 Å². The highest BCUT2D eigenvalue weighted by atomic mass is 35.5. The van der Waals surface area contributed by atoms with Gasteiger partial charge in [0, 0.05) is 25.2 Å². The molecule has 2 aromatic rings. The fourth-order valence-electron chi connectivity index (χ4n) is 2.95. The molecule has 3 N–H and O–H groups in total. The summed E-state index contributed by atoms with van der Waals surface area (Å²) in [6.45, 7) is 1.80. The Bertz CT molecular complexity index is 739. The molecule has 1 atom stereocenters. The largest absolute Gasteiger partial charge is 0.359 e. The molecule has 138 valence electrons. The van der Waals surface area contributed by atoms with Crippen molar-refractivity contribution >= 4 is 24.2 Å². The lowest BCUT2D eigenvalue weighted by atomic mass is 10.0. The van der Waals surface area contributed by atoms with Crippen LogP contribution in [0.25, 0.3) is 11.1 Å². The minimum Gasteiger partial charge on any atom is -0.359 e. The summed E-state index contributed by atoms with van der Waals surface area (Å²) in [7, 11) is 1.64. The van der Waals surface area contributed by atoms with E-state index in [1.807, 2.05) is 48.5 Å². The first kappa shape index (κ1) is 19.9. The van der Waals surface area contributed by atoms with Gasteiger partial charge in [-0.3, -0.25) is 9.59 Å². The molecular weight excluding hydrogens is 350 g/mol. The maximum absolute atomic E-state index is 12.2. The van der Waals surface area contributed by atoms with Crippen molar-refractivity contribution in [3.8, 4) is 11.1 Å². The summed E-state index contributed by atoms with van der Waals surface area (Å²) in [6, 6.07) is 15.7. The van der Waals surface area contributed by atoms with Crippen molar-refractivity contribution in [2.24, 2.45) is 0 Å². The van der Waals surface area contributed by atoms with Gasteiger partial charge in [0.25, 0.3) is 5.91 Å². The molecule has 0 saturated carbocycles. The van der Waals surface area contributed by atoms with Crippen molar-refractivity contribution in [1.82, 2.24) is 16.0 Å². The molecule has 3 rings (SSSR count). The van der Waals surface area contributed by atoms with Crippen molar-refractivity contribution in [3.63, 3.8) is 0 Å². The van der Waals surface area contributed by atoms with Gasteiger partial charge in [-0.2, -0.15) is 0 Å². The van der Waals surface area contributed by atoms with E-state index in [9.17, 15) is 9.59 Å². The lowest BCUT2D eigenvalue weighted by Crippen LogP contribution is -2.36. The lowest BCUT2D eigenvalue weighted by molar-refractivity contribution is -0.119. The topological polar surface area (TPSA) is 70.2 Å². The van der Waals surface area contributed by atoms with Crippen LogP contribution in [-0.2, 0) is 11.2 Å². The third-order valence-corrected chi connectivity index (χ3v) is 4.47. The molecule has 1 heterocycles. The zero-order valence-electron chi connectivity index (χ0n) is 14.7. The van der Waals surface area contributed by atoms with Crippen LogP contribution < -0.4 is 16.0 Å². The number of carbonyl (C=O) groups is 2. The molecule has 1 unspecified atom stereocenters. The monoisotopic (exact) mass is 373 g/mol. The van der Waals surface area contributed by atoms with Crippen LogP contribution >= 0.6 is 12.4 Å². The summed E-state index contributed by atoms with van der Waals surface area (Å²) < 4.78 is 0. The summed E-state index contributed by atoms with van der Waals surface area (Å²) in [5.74, 6) is -0.0262. The molecule has 1 fully saturated rings. The molecule has 0 aliphatic carbocycles. The van der Waals surface area contributed by atoms with Gasteiger partial charge in [0.2, 0.25) is 5.91 Å². The van der Waals surface area contributed by atoms with Crippen LogP contribution in [0.4, 0.5) is 0 Å².